The highest BCUT2D eigenvalue weighted by molar-refractivity contribution is 9.10. The molecule has 0 aliphatic rings. The van der Waals surface area contributed by atoms with Gasteiger partial charge >= 0.3 is 0 Å². The smallest absolute Gasteiger partial charge is 0.261 e. The van der Waals surface area contributed by atoms with Crippen LogP contribution in [0.3, 0.4) is 0 Å². The molecule has 2 aromatic rings. The molecule has 0 spiro atoms. The van der Waals surface area contributed by atoms with E-state index in [-0.39, 0.29) is 25.0 Å². The van der Waals surface area contributed by atoms with Crippen molar-refractivity contribution in [3.63, 3.8) is 0 Å². The fraction of sp³-hybridized carbons (Fsp3) is 0.364. The number of nitrogens with one attached hydrogen (secondary N) is 1. The number of ether oxygens (including phenoxy) is 1. The van der Waals surface area contributed by atoms with Gasteiger partial charge in [-0.05, 0) is 63.6 Å². The van der Waals surface area contributed by atoms with E-state index < -0.39 is 11.6 Å². The summed E-state index contributed by atoms with van der Waals surface area (Å²) in [6.45, 7) is 7.46. The lowest BCUT2D eigenvalue weighted by molar-refractivity contribution is -0.142. The summed E-state index contributed by atoms with van der Waals surface area (Å²) in [4.78, 5) is 27.3. The lowest BCUT2D eigenvalue weighted by atomic mass is 10.1. The van der Waals surface area contributed by atoms with Crippen molar-refractivity contribution in [2.45, 2.75) is 45.8 Å². The maximum atomic E-state index is 13.0. The van der Waals surface area contributed by atoms with Crippen molar-refractivity contribution < 1.29 is 14.3 Å². The number of nitrogens with zero attached hydrogens (tertiary/aromatic N) is 1. The van der Waals surface area contributed by atoms with Crippen molar-refractivity contribution in [1.29, 1.82) is 0 Å². The molecule has 0 aliphatic heterocycles. The molecule has 0 unspecified atom stereocenters. The van der Waals surface area contributed by atoms with Crippen LogP contribution in [-0.4, -0.2) is 34.9 Å². The molecule has 0 fully saturated rings. The predicted molar refractivity (Wildman–Crippen MR) is 127 cm³/mol. The van der Waals surface area contributed by atoms with Crippen LogP contribution in [-0.2, 0) is 16.1 Å². The molecule has 162 valence electrons. The Balaban J connectivity index is 2.18. The Morgan fingerprint density at radius 3 is 2.27 bits per heavy atom. The summed E-state index contributed by atoms with van der Waals surface area (Å²) in [5.41, 5.74) is 0.502. The van der Waals surface area contributed by atoms with Gasteiger partial charge in [-0.15, -0.1) is 0 Å². The molecule has 0 radical (unpaired) electrons. The summed E-state index contributed by atoms with van der Waals surface area (Å²) in [6.07, 6.45) is 0. The Morgan fingerprint density at radius 2 is 1.70 bits per heavy atom. The van der Waals surface area contributed by atoms with Gasteiger partial charge in [0.05, 0.1) is 5.02 Å². The highest BCUT2D eigenvalue weighted by atomic mass is 79.9. The van der Waals surface area contributed by atoms with Gasteiger partial charge < -0.3 is 15.0 Å². The van der Waals surface area contributed by atoms with Crippen LogP contribution in [0.4, 0.5) is 0 Å². The van der Waals surface area contributed by atoms with Gasteiger partial charge in [0, 0.05) is 21.0 Å². The molecule has 0 saturated carbocycles. The maximum absolute atomic E-state index is 13.0. The van der Waals surface area contributed by atoms with E-state index in [2.05, 4.69) is 37.2 Å². The first-order valence-electron chi connectivity index (χ1n) is 9.40. The third-order valence-corrected chi connectivity index (χ3v) is 5.49. The zero-order valence-corrected chi connectivity index (χ0v) is 21.3. The molecule has 2 aromatic carbocycles. The highest BCUT2D eigenvalue weighted by Crippen LogP contribution is 2.27. The second-order valence-corrected chi connectivity index (χ2v) is 10.2. The first-order valence-corrected chi connectivity index (χ1v) is 11.4. The molecule has 5 nitrogen and oxygen atoms in total. The average molecular weight is 561 g/mol. The topological polar surface area (TPSA) is 58.6 Å². The molecule has 8 heteroatoms. The fourth-order valence-electron chi connectivity index (χ4n) is 2.66. The SMILES string of the molecule is C[C@H](C(=O)NC(C)(C)C)N(Cc1ccc(Br)cc1)C(=O)COc1ccc(Br)cc1Cl. The van der Waals surface area contributed by atoms with E-state index in [1.165, 1.54) is 4.90 Å². The molecule has 2 amide bonds. The fourth-order valence-corrected chi connectivity index (χ4v) is 3.65. The van der Waals surface area contributed by atoms with E-state index in [0.29, 0.717) is 10.8 Å². The summed E-state index contributed by atoms with van der Waals surface area (Å²) < 4.78 is 7.39. The van der Waals surface area contributed by atoms with Crippen molar-refractivity contribution in [3.8, 4) is 5.75 Å². The standard InChI is InChI=1S/C22H25Br2ClN2O3/c1-14(21(29)26-22(2,3)4)27(12-15-5-7-16(23)8-6-15)20(28)13-30-19-10-9-17(24)11-18(19)25/h5-11,14H,12-13H2,1-4H3,(H,26,29)/t14-/m1/s1. The molecule has 1 N–H and O–H groups in total. The van der Waals surface area contributed by atoms with Crippen LogP contribution in [0.2, 0.25) is 5.02 Å². The van der Waals surface area contributed by atoms with Crippen molar-refractivity contribution >= 4 is 55.3 Å². The van der Waals surface area contributed by atoms with Crippen LogP contribution in [0, 0.1) is 0 Å². The predicted octanol–water partition coefficient (Wildman–Crippen LogP) is 5.58. The minimum Gasteiger partial charge on any atom is -0.482 e. The van der Waals surface area contributed by atoms with Gasteiger partial charge in [0.15, 0.2) is 6.61 Å². The van der Waals surface area contributed by atoms with Gasteiger partial charge in [0.1, 0.15) is 11.8 Å². The van der Waals surface area contributed by atoms with Crippen LogP contribution in [0.5, 0.6) is 5.75 Å². The Labute approximate surface area is 199 Å². The van der Waals surface area contributed by atoms with Gasteiger partial charge in [0.25, 0.3) is 5.91 Å². The first kappa shape index (κ1) is 24.7. The van der Waals surface area contributed by atoms with E-state index in [0.717, 1.165) is 14.5 Å². The second kappa shape index (κ2) is 10.6. The molecule has 2 rings (SSSR count). The molecule has 0 saturated heterocycles. The minimum atomic E-state index is -0.677. The number of hydrogen-bond acceptors (Lipinski definition) is 3. The molecule has 30 heavy (non-hydrogen) atoms. The van der Waals surface area contributed by atoms with E-state index in [9.17, 15) is 9.59 Å². The number of hydrogen-bond donors (Lipinski definition) is 1. The Bertz CT molecular complexity index is 898. The van der Waals surface area contributed by atoms with E-state index >= 15 is 0 Å². The molecular formula is C22H25Br2ClN2O3. The molecule has 0 aromatic heterocycles. The van der Waals surface area contributed by atoms with E-state index in [1.54, 1.807) is 25.1 Å². The zero-order chi connectivity index (χ0) is 22.5. The van der Waals surface area contributed by atoms with Crippen molar-refractivity contribution in [2.24, 2.45) is 0 Å². The third-order valence-electron chi connectivity index (χ3n) is 4.18. The van der Waals surface area contributed by atoms with Gasteiger partial charge in [-0.3, -0.25) is 9.59 Å². The summed E-state index contributed by atoms with van der Waals surface area (Å²) in [5, 5.41) is 3.33. The number of carbonyl (C=O) groups excluding carboxylic acids is 2. The van der Waals surface area contributed by atoms with Gasteiger partial charge in [-0.25, -0.2) is 0 Å². The van der Waals surface area contributed by atoms with Crippen LogP contribution >= 0.6 is 43.5 Å². The maximum Gasteiger partial charge on any atom is 0.261 e. The van der Waals surface area contributed by atoms with Crippen molar-refractivity contribution in [2.75, 3.05) is 6.61 Å². The number of amides is 2. The third kappa shape index (κ3) is 7.60. The van der Waals surface area contributed by atoms with Gasteiger partial charge in [-0.1, -0.05) is 55.6 Å². The Morgan fingerprint density at radius 1 is 1.10 bits per heavy atom. The number of benzene rings is 2. The Kier molecular flexibility index (Phi) is 8.76. The normalized spacial score (nSPS) is 12.2. The molecule has 1 atom stereocenters. The summed E-state index contributed by atoms with van der Waals surface area (Å²) in [5.74, 6) is -0.133. The van der Waals surface area contributed by atoms with Crippen LogP contribution in [0.1, 0.15) is 33.3 Å². The van der Waals surface area contributed by atoms with Crippen LogP contribution in [0.15, 0.2) is 51.4 Å². The minimum absolute atomic E-state index is 0.227. The quantitative estimate of drug-likeness (QED) is 0.481. The van der Waals surface area contributed by atoms with Gasteiger partial charge in [-0.2, -0.15) is 0 Å². The largest absolute Gasteiger partial charge is 0.482 e. The lowest BCUT2D eigenvalue weighted by Crippen LogP contribution is -2.53. The average Bonchev–Trinajstić information content (AvgIpc) is 2.64. The second-order valence-electron chi connectivity index (χ2n) is 7.93. The van der Waals surface area contributed by atoms with Crippen molar-refractivity contribution in [3.05, 3.63) is 62.0 Å². The Hall–Kier alpha value is -1.57. The van der Waals surface area contributed by atoms with Crippen molar-refractivity contribution in [1.82, 2.24) is 10.2 Å². The number of carbonyl (C=O) groups is 2. The molecule has 0 heterocycles. The molecular weight excluding hydrogens is 536 g/mol. The summed E-state index contributed by atoms with van der Waals surface area (Å²) >= 11 is 12.9. The lowest BCUT2D eigenvalue weighted by Gasteiger charge is -2.31. The summed E-state index contributed by atoms with van der Waals surface area (Å²) in [6, 6.07) is 12.1. The van der Waals surface area contributed by atoms with Crippen LogP contribution in [0.25, 0.3) is 0 Å². The first-order chi connectivity index (χ1) is 14.0. The number of rotatable bonds is 7. The van der Waals surface area contributed by atoms with E-state index in [1.807, 2.05) is 45.0 Å². The van der Waals surface area contributed by atoms with E-state index in [4.69, 9.17) is 16.3 Å². The van der Waals surface area contributed by atoms with Crippen LogP contribution < -0.4 is 10.1 Å². The highest BCUT2D eigenvalue weighted by Gasteiger charge is 2.28. The van der Waals surface area contributed by atoms with Gasteiger partial charge in [0.2, 0.25) is 5.91 Å². The summed E-state index contributed by atoms with van der Waals surface area (Å²) in [7, 11) is 0. The molecule has 0 bridgehead atoms. The molecule has 0 aliphatic carbocycles. The monoisotopic (exact) mass is 558 g/mol. The zero-order valence-electron chi connectivity index (χ0n) is 17.3. The number of halogens is 3.